The summed E-state index contributed by atoms with van der Waals surface area (Å²) in [5.74, 6) is -1.21. The highest BCUT2D eigenvalue weighted by Gasteiger charge is 2.21. The molecule has 0 saturated carbocycles. The first-order valence-corrected chi connectivity index (χ1v) is 7.95. The number of hydrogen-bond donors (Lipinski definition) is 2. The average molecular weight is 342 g/mol. The van der Waals surface area contributed by atoms with Crippen molar-refractivity contribution >= 4 is 23.3 Å². The Balaban J connectivity index is 2.03. The van der Waals surface area contributed by atoms with E-state index < -0.39 is 18.5 Å². The SMILES string of the molecule is CC(=O)c1c(C)[nH]c(C(=O)OCC(=O)Nc2cc(C)ccc2C)c1C. The zero-order chi connectivity index (χ0) is 18.7. The van der Waals surface area contributed by atoms with Crippen LogP contribution in [-0.4, -0.2) is 29.3 Å². The number of H-pyrrole nitrogens is 1. The van der Waals surface area contributed by atoms with Gasteiger partial charge in [0.15, 0.2) is 12.4 Å². The quantitative estimate of drug-likeness (QED) is 0.645. The Kier molecular flexibility index (Phi) is 5.41. The van der Waals surface area contributed by atoms with Gasteiger partial charge in [-0.2, -0.15) is 0 Å². The number of benzene rings is 1. The van der Waals surface area contributed by atoms with Gasteiger partial charge in [0.2, 0.25) is 0 Å². The van der Waals surface area contributed by atoms with Gasteiger partial charge in [-0.1, -0.05) is 12.1 Å². The molecule has 0 radical (unpaired) electrons. The third kappa shape index (κ3) is 4.15. The first-order valence-electron chi connectivity index (χ1n) is 7.95. The molecule has 1 aromatic carbocycles. The smallest absolute Gasteiger partial charge is 0.355 e. The number of Topliss-reactive ketones (excluding diaryl/α,β-unsaturated/α-hetero) is 1. The zero-order valence-electron chi connectivity index (χ0n) is 15.1. The van der Waals surface area contributed by atoms with Crippen LogP contribution < -0.4 is 5.32 Å². The number of amides is 1. The molecule has 6 nitrogen and oxygen atoms in total. The predicted octanol–water partition coefficient (Wildman–Crippen LogP) is 3.25. The number of aromatic amines is 1. The van der Waals surface area contributed by atoms with Gasteiger partial charge in [0.05, 0.1) is 0 Å². The van der Waals surface area contributed by atoms with Gasteiger partial charge in [0.1, 0.15) is 5.69 Å². The average Bonchev–Trinajstić information content (AvgIpc) is 2.83. The number of nitrogens with one attached hydrogen (secondary N) is 2. The van der Waals surface area contributed by atoms with Crippen LogP contribution in [0.25, 0.3) is 0 Å². The maximum Gasteiger partial charge on any atom is 0.355 e. The Bertz CT molecular complexity index is 849. The molecule has 25 heavy (non-hydrogen) atoms. The van der Waals surface area contributed by atoms with E-state index in [1.165, 1.54) is 6.92 Å². The minimum atomic E-state index is -0.663. The molecule has 0 unspecified atom stereocenters. The van der Waals surface area contributed by atoms with Crippen LogP contribution in [0.5, 0.6) is 0 Å². The van der Waals surface area contributed by atoms with E-state index in [9.17, 15) is 14.4 Å². The van der Waals surface area contributed by atoms with Gasteiger partial charge < -0.3 is 15.0 Å². The summed E-state index contributed by atoms with van der Waals surface area (Å²) < 4.78 is 5.07. The number of ketones is 1. The summed E-state index contributed by atoms with van der Waals surface area (Å²) in [6.07, 6.45) is 0. The Morgan fingerprint density at radius 1 is 1.12 bits per heavy atom. The molecule has 2 aromatic rings. The summed E-state index contributed by atoms with van der Waals surface area (Å²) in [5, 5.41) is 2.73. The van der Waals surface area contributed by atoms with Gasteiger partial charge in [-0.15, -0.1) is 0 Å². The summed E-state index contributed by atoms with van der Waals surface area (Å²) in [4.78, 5) is 38.7. The van der Waals surface area contributed by atoms with Crippen LogP contribution in [0.1, 0.15) is 50.2 Å². The first-order chi connectivity index (χ1) is 11.7. The molecule has 2 N–H and O–H groups in total. The van der Waals surface area contributed by atoms with Crippen molar-refractivity contribution in [2.24, 2.45) is 0 Å². The highest BCUT2D eigenvalue weighted by atomic mass is 16.5. The predicted molar refractivity (Wildman–Crippen MR) is 95.1 cm³/mol. The second-order valence-electron chi connectivity index (χ2n) is 6.12. The normalized spacial score (nSPS) is 10.4. The van der Waals surface area contributed by atoms with Gasteiger partial charge in [-0.3, -0.25) is 9.59 Å². The fourth-order valence-corrected chi connectivity index (χ4v) is 2.74. The molecule has 1 aromatic heterocycles. The van der Waals surface area contributed by atoms with E-state index in [1.54, 1.807) is 13.8 Å². The molecule has 1 amide bonds. The van der Waals surface area contributed by atoms with Crippen LogP contribution in [0.2, 0.25) is 0 Å². The molecule has 2 rings (SSSR count). The van der Waals surface area contributed by atoms with Crippen LogP contribution in [0, 0.1) is 27.7 Å². The van der Waals surface area contributed by atoms with E-state index in [4.69, 9.17) is 4.74 Å². The standard InChI is InChI=1S/C19H22N2O4/c1-10-6-7-11(2)15(8-10)21-16(23)9-25-19(24)18-12(3)17(14(5)22)13(4)20-18/h6-8,20H,9H2,1-5H3,(H,21,23). The highest BCUT2D eigenvalue weighted by molar-refractivity contribution is 6.01. The summed E-state index contributed by atoms with van der Waals surface area (Å²) in [7, 11) is 0. The van der Waals surface area contributed by atoms with Crippen molar-refractivity contribution in [2.45, 2.75) is 34.6 Å². The summed E-state index contributed by atoms with van der Waals surface area (Å²) in [5.41, 5.74) is 4.45. The lowest BCUT2D eigenvalue weighted by atomic mass is 10.1. The van der Waals surface area contributed by atoms with Crippen molar-refractivity contribution < 1.29 is 19.1 Å². The van der Waals surface area contributed by atoms with E-state index in [0.717, 1.165) is 11.1 Å². The Hall–Kier alpha value is -2.89. The third-order valence-corrected chi connectivity index (χ3v) is 4.00. The number of carbonyl (C=O) groups is 3. The summed E-state index contributed by atoms with van der Waals surface area (Å²) in [6, 6.07) is 5.71. The number of carbonyl (C=O) groups excluding carboxylic acids is 3. The Morgan fingerprint density at radius 2 is 1.80 bits per heavy atom. The van der Waals surface area contributed by atoms with Crippen molar-refractivity contribution in [2.75, 3.05) is 11.9 Å². The molecule has 6 heteroatoms. The van der Waals surface area contributed by atoms with Crippen LogP contribution in [0.4, 0.5) is 5.69 Å². The van der Waals surface area contributed by atoms with Gasteiger partial charge in [0.25, 0.3) is 5.91 Å². The van der Waals surface area contributed by atoms with Gasteiger partial charge in [-0.05, 0) is 57.4 Å². The Morgan fingerprint density at radius 3 is 2.40 bits per heavy atom. The summed E-state index contributed by atoms with van der Waals surface area (Å²) in [6.45, 7) is 8.24. The largest absolute Gasteiger partial charge is 0.451 e. The minimum absolute atomic E-state index is 0.127. The molecule has 0 bridgehead atoms. The van der Waals surface area contributed by atoms with Crippen LogP contribution >= 0.6 is 0 Å². The maximum absolute atomic E-state index is 12.2. The van der Waals surface area contributed by atoms with E-state index in [2.05, 4.69) is 10.3 Å². The second-order valence-corrected chi connectivity index (χ2v) is 6.12. The molecule has 0 atom stereocenters. The topological polar surface area (TPSA) is 88.3 Å². The molecule has 0 aliphatic carbocycles. The third-order valence-electron chi connectivity index (χ3n) is 4.00. The number of rotatable bonds is 5. The Labute approximate surface area is 146 Å². The van der Waals surface area contributed by atoms with Crippen LogP contribution in [-0.2, 0) is 9.53 Å². The van der Waals surface area contributed by atoms with Gasteiger partial charge in [-0.25, -0.2) is 4.79 Å². The van der Waals surface area contributed by atoms with Crippen LogP contribution in [0.3, 0.4) is 0 Å². The zero-order valence-corrected chi connectivity index (χ0v) is 15.1. The number of esters is 1. The number of anilines is 1. The lowest BCUT2D eigenvalue weighted by Crippen LogP contribution is -2.21. The van der Waals surface area contributed by atoms with Crippen molar-refractivity contribution in [3.8, 4) is 0 Å². The lowest BCUT2D eigenvalue weighted by molar-refractivity contribution is -0.119. The maximum atomic E-state index is 12.2. The highest BCUT2D eigenvalue weighted by Crippen LogP contribution is 2.19. The number of aryl methyl sites for hydroxylation is 3. The van der Waals surface area contributed by atoms with Crippen molar-refractivity contribution in [1.29, 1.82) is 0 Å². The molecule has 0 saturated heterocycles. The first kappa shape index (κ1) is 18.4. The molecule has 132 valence electrons. The monoisotopic (exact) mass is 342 g/mol. The van der Waals surface area contributed by atoms with E-state index >= 15 is 0 Å². The fraction of sp³-hybridized carbons (Fsp3) is 0.316. The van der Waals surface area contributed by atoms with Crippen LogP contribution in [0.15, 0.2) is 18.2 Å². The number of ether oxygens (including phenoxy) is 1. The number of hydrogen-bond acceptors (Lipinski definition) is 4. The molecule has 0 fully saturated rings. The van der Waals surface area contributed by atoms with Crippen molar-refractivity contribution in [3.05, 3.63) is 51.8 Å². The fourth-order valence-electron chi connectivity index (χ4n) is 2.74. The van der Waals surface area contributed by atoms with Gasteiger partial charge in [0, 0.05) is 16.9 Å². The molecule has 0 aliphatic rings. The summed E-state index contributed by atoms with van der Waals surface area (Å²) >= 11 is 0. The second kappa shape index (κ2) is 7.34. The number of aromatic nitrogens is 1. The van der Waals surface area contributed by atoms with E-state index in [0.29, 0.717) is 22.5 Å². The molecular weight excluding hydrogens is 320 g/mol. The van der Waals surface area contributed by atoms with Crippen molar-refractivity contribution in [3.63, 3.8) is 0 Å². The van der Waals surface area contributed by atoms with Crippen molar-refractivity contribution in [1.82, 2.24) is 4.98 Å². The van der Waals surface area contributed by atoms with E-state index in [-0.39, 0.29) is 11.5 Å². The van der Waals surface area contributed by atoms with E-state index in [1.807, 2.05) is 32.0 Å². The molecular formula is C19H22N2O4. The minimum Gasteiger partial charge on any atom is -0.451 e. The molecule has 0 spiro atoms. The molecule has 1 heterocycles. The lowest BCUT2D eigenvalue weighted by Gasteiger charge is -2.09. The molecule has 0 aliphatic heterocycles. The van der Waals surface area contributed by atoms with Gasteiger partial charge >= 0.3 is 5.97 Å².